The Hall–Kier alpha value is -0.780. The van der Waals surface area contributed by atoms with E-state index in [2.05, 4.69) is 58.9 Å². The molecule has 0 N–H and O–H groups in total. The molecule has 0 amide bonds. The summed E-state index contributed by atoms with van der Waals surface area (Å²) in [5.74, 6) is 0.562. The van der Waals surface area contributed by atoms with E-state index >= 15 is 0 Å². The molecule has 0 radical (unpaired) electrons. The zero-order chi connectivity index (χ0) is 10.3. The van der Waals surface area contributed by atoms with Gasteiger partial charge in [0, 0.05) is 0 Å². The van der Waals surface area contributed by atoms with Crippen LogP contribution in [0, 0.1) is 5.92 Å². The first-order valence-electron chi connectivity index (χ1n) is 5.10. The van der Waals surface area contributed by atoms with Crippen LogP contribution >= 0.6 is 0 Å². The molecule has 0 saturated heterocycles. The molecule has 13 heavy (non-hydrogen) atoms. The first kappa shape index (κ1) is 12.2. The topological polar surface area (TPSA) is 0 Å². The predicted molar refractivity (Wildman–Crippen MR) is 61.8 cm³/mol. The molecule has 0 aromatic carbocycles. The van der Waals surface area contributed by atoms with Crippen molar-refractivity contribution in [2.24, 2.45) is 5.92 Å². The van der Waals surface area contributed by atoms with Crippen LogP contribution in [0.5, 0.6) is 0 Å². The van der Waals surface area contributed by atoms with Gasteiger partial charge in [-0.25, -0.2) is 0 Å². The first-order chi connectivity index (χ1) is 6.13. The van der Waals surface area contributed by atoms with Crippen LogP contribution in [-0.2, 0) is 0 Å². The molecule has 0 aliphatic heterocycles. The van der Waals surface area contributed by atoms with Crippen LogP contribution in [0.15, 0.2) is 35.5 Å². The van der Waals surface area contributed by atoms with E-state index in [1.807, 2.05) is 0 Å². The van der Waals surface area contributed by atoms with Crippen molar-refractivity contribution in [2.45, 2.75) is 41.0 Å². The van der Waals surface area contributed by atoms with Crippen LogP contribution in [0.4, 0.5) is 0 Å². The third-order valence-electron chi connectivity index (χ3n) is 2.39. The summed E-state index contributed by atoms with van der Waals surface area (Å²) in [6.07, 6.45) is 9.89. The van der Waals surface area contributed by atoms with Crippen LogP contribution in [-0.4, -0.2) is 0 Å². The molecule has 0 aromatic rings. The zero-order valence-corrected chi connectivity index (χ0v) is 9.59. The molecule has 0 aliphatic carbocycles. The van der Waals surface area contributed by atoms with Crippen LogP contribution in [0.25, 0.3) is 0 Å². The molecule has 0 fully saturated rings. The Labute approximate surface area is 83.0 Å². The van der Waals surface area contributed by atoms with E-state index in [-0.39, 0.29) is 0 Å². The molecule has 0 bridgehead atoms. The van der Waals surface area contributed by atoms with Gasteiger partial charge in [0.05, 0.1) is 0 Å². The van der Waals surface area contributed by atoms with E-state index in [1.165, 1.54) is 11.1 Å². The molecule has 0 heteroatoms. The summed E-state index contributed by atoms with van der Waals surface area (Å²) in [4.78, 5) is 0. The third-order valence-corrected chi connectivity index (χ3v) is 2.39. The normalized spacial score (nSPS) is 16.7. The zero-order valence-electron chi connectivity index (χ0n) is 9.59. The summed E-state index contributed by atoms with van der Waals surface area (Å²) >= 11 is 0. The van der Waals surface area contributed by atoms with Crippen molar-refractivity contribution in [2.75, 3.05) is 0 Å². The molecule has 0 saturated carbocycles. The molecule has 74 valence electrons. The molecule has 0 spiro atoms. The minimum atomic E-state index is 0.562. The Bertz CT molecular complexity index is 216. The highest BCUT2D eigenvalue weighted by atomic mass is 14.1. The fourth-order valence-electron chi connectivity index (χ4n) is 1.22. The van der Waals surface area contributed by atoms with Gasteiger partial charge in [-0.2, -0.15) is 0 Å². The average Bonchev–Trinajstić information content (AvgIpc) is 2.13. The fourth-order valence-corrected chi connectivity index (χ4v) is 1.22. The Morgan fingerprint density at radius 1 is 1.31 bits per heavy atom. The summed E-state index contributed by atoms with van der Waals surface area (Å²) in [6.45, 7) is 10.9. The Balaban J connectivity index is 4.50. The SMILES string of the molecule is CC=CC(C)C(C)=C(C)C=CCC. The standard InChI is InChI=1S/C13H22/c1-6-8-10-12(4)13(5)11(3)9-7-2/h7-11H,6H2,1-5H3. The summed E-state index contributed by atoms with van der Waals surface area (Å²) in [6, 6.07) is 0. The van der Waals surface area contributed by atoms with Gasteiger partial charge < -0.3 is 0 Å². The fraction of sp³-hybridized carbons (Fsp3) is 0.538. The molecule has 0 rings (SSSR count). The molecule has 0 nitrogen and oxygen atoms in total. The lowest BCUT2D eigenvalue weighted by Crippen LogP contribution is -1.93. The van der Waals surface area contributed by atoms with E-state index in [4.69, 9.17) is 0 Å². The Morgan fingerprint density at radius 2 is 1.92 bits per heavy atom. The smallest absolute Gasteiger partial charge is 0.00488 e. The molecular weight excluding hydrogens is 156 g/mol. The van der Waals surface area contributed by atoms with Gasteiger partial charge in [-0.05, 0) is 33.1 Å². The van der Waals surface area contributed by atoms with Gasteiger partial charge in [-0.3, -0.25) is 0 Å². The summed E-state index contributed by atoms with van der Waals surface area (Å²) in [5.41, 5.74) is 2.86. The van der Waals surface area contributed by atoms with Gasteiger partial charge in [0.15, 0.2) is 0 Å². The maximum Gasteiger partial charge on any atom is -0.00488 e. The quantitative estimate of drug-likeness (QED) is 0.439. The van der Waals surface area contributed by atoms with Gasteiger partial charge in [-0.15, -0.1) is 0 Å². The van der Waals surface area contributed by atoms with Crippen molar-refractivity contribution in [3.63, 3.8) is 0 Å². The summed E-state index contributed by atoms with van der Waals surface area (Å²) < 4.78 is 0. The van der Waals surface area contributed by atoms with Crippen molar-refractivity contribution in [3.05, 3.63) is 35.5 Å². The van der Waals surface area contributed by atoms with Crippen LogP contribution in [0.2, 0.25) is 0 Å². The van der Waals surface area contributed by atoms with Gasteiger partial charge in [0.1, 0.15) is 0 Å². The second kappa shape index (κ2) is 6.71. The number of hydrogen-bond acceptors (Lipinski definition) is 0. The monoisotopic (exact) mass is 178 g/mol. The highest BCUT2D eigenvalue weighted by molar-refractivity contribution is 5.25. The molecule has 1 atom stereocenters. The number of rotatable bonds is 4. The van der Waals surface area contributed by atoms with Crippen molar-refractivity contribution in [3.8, 4) is 0 Å². The molecule has 0 heterocycles. The van der Waals surface area contributed by atoms with E-state index in [0.29, 0.717) is 5.92 Å². The second-order valence-electron chi connectivity index (χ2n) is 3.49. The lowest BCUT2D eigenvalue weighted by atomic mass is 9.97. The predicted octanol–water partition coefficient (Wildman–Crippen LogP) is 4.50. The third kappa shape index (κ3) is 4.72. The average molecular weight is 178 g/mol. The van der Waals surface area contributed by atoms with Gasteiger partial charge >= 0.3 is 0 Å². The highest BCUT2D eigenvalue weighted by Crippen LogP contribution is 2.16. The molecule has 0 aliphatic rings. The molecular formula is C13H22. The van der Waals surface area contributed by atoms with Gasteiger partial charge in [-0.1, -0.05) is 49.3 Å². The summed E-state index contributed by atoms with van der Waals surface area (Å²) in [7, 11) is 0. The number of allylic oxidation sites excluding steroid dienone is 6. The van der Waals surface area contributed by atoms with E-state index in [1.54, 1.807) is 0 Å². The number of hydrogen-bond donors (Lipinski definition) is 0. The highest BCUT2D eigenvalue weighted by Gasteiger charge is 2.00. The van der Waals surface area contributed by atoms with Gasteiger partial charge in [0.25, 0.3) is 0 Å². The largest absolute Gasteiger partial charge is 0.0911 e. The van der Waals surface area contributed by atoms with E-state index in [9.17, 15) is 0 Å². The van der Waals surface area contributed by atoms with Crippen LogP contribution < -0.4 is 0 Å². The van der Waals surface area contributed by atoms with Gasteiger partial charge in [0.2, 0.25) is 0 Å². The van der Waals surface area contributed by atoms with E-state index in [0.717, 1.165) is 6.42 Å². The Kier molecular flexibility index (Phi) is 6.30. The van der Waals surface area contributed by atoms with Crippen molar-refractivity contribution in [1.29, 1.82) is 0 Å². The molecule has 0 aromatic heterocycles. The van der Waals surface area contributed by atoms with Crippen molar-refractivity contribution < 1.29 is 0 Å². The van der Waals surface area contributed by atoms with Crippen molar-refractivity contribution >= 4 is 0 Å². The summed E-state index contributed by atoms with van der Waals surface area (Å²) in [5, 5.41) is 0. The lowest BCUT2D eigenvalue weighted by Gasteiger charge is -2.09. The minimum absolute atomic E-state index is 0.562. The van der Waals surface area contributed by atoms with E-state index < -0.39 is 0 Å². The Morgan fingerprint density at radius 3 is 2.38 bits per heavy atom. The van der Waals surface area contributed by atoms with Crippen LogP contribution in [0.3, 0.4) is 0 Å². The molecule has 1 unspecified atom stereocenters. The maximum atomic E-state index is 2.23. The second-order valence-corrected chi connectivity index (χ2v) is 3.49. The first-order valence-corrected chi connectivity index (χ1v) is 5.10. The van der Waals surface area contributed by atoms with Crippen LogP contribution in [0.1, 0.15) is 41.0 Å². The minimum Gasteiger partial charge on any atom is -0.0911 e. The lowest BCUT2D eigenvalue weighted by molar-refractivity contribution is 0.848. The maximum absolute atomic E-state index is 2.23. The van der Waals surface area contributed by atoms with Crippen molar-refractivity contribution in [1.82, 2.24) is 0 Å².